The average Bonchev–Trinajstić information content (AvgIpc) is 2.84. The van der Waals surface area contributed by atoms with E-state index in [0.29, 0.717) is 50.2 Å². The van der Waals surface area contributed by atoms with Crippen LogP contribution in [0, 0.1) is 11.3 Å². The molecule has 5 N–H and O–H groups in total. The number of aromatic amines is 1. The van der Waals surface area contributed by atoms with E-state index in [1.165, 1.54) is 0 Å². The van der Waals surface area contributed by atoms with Gasteiger partial charge in [0.15, 0.2) is 0 Å². The number of nitriles is 1. The first-order valence-corrected chi connectivity index (χ1v) is 12.0. The largest absolute Gasteiger partial charge is 0.354 e. The van der Waals surface area contributed by atoms with Gasteiger partial charge in [-0.25, -0.2) is 9.37 Å². The summed E-state index contributed by atoms with van der Waals surface area (Å²) < 4.78 is 13.7. The van der Waals surface area contributed by atoms with Crippen LogP contribution in [0.5, 0.6) is 0 Å². The molecular weight excluding hydrogens is 419 g/mol. The Balaban J connectivity index is 1.49. The molecule has 7 nitrogen and oxygen atoms in total. The Kier molecular flexibility index (Phi) is 7.73. The second-order valence-corrected chi connectivity index (χ2v) is 9.34. The third-order valence-electron chi connectivity index (χ3n) is 6.89. The highest BCUT2D eigenvalue weighted by molar-refractivity contribution is 5.35. The van der Waals surface area contributed by atoms with Crippen molar-refractivity contribution in [2.75, 3.05) is 25.0 Å². The van der Waals surface area contributed by atoms with Gasteiger partial charge in [-0.2, -0.15) is 5.26 Å². The van der Waals surface area contributed by atoms with Crippen molar-refractivity contribution in [3.8, 4) is 6.07 Å². The van der Waals surface area contributed by atoms with Gasteiger partial charge in [0.2, 0.25) is 5.95 Å². The monoisotopic (exact) mass is 452 g/mol. The molecule has 1 aliphatic carbocycles. The summed E-state index contributed by atoms with van der Waals surface area (Å²) in [5, 5.41) is 15.5. The molecule has 0 amide bonds. The number of benzene rings is 1. The predicted molar refractivity (Wildman–Crippen MR) is 127 cm³/mol. The molecule has 0 radical (unpaired) electrons. The maximum absolute atomic E-state index is 13.7. The third-order valence-corrected chi connectivity index (χ3v) is 6.89. The molecule has 1 unspecified atom stereocenters. The number of H-pyrrole nitrogens is 1. The summed E-state index contributed by atoms with van der Waals surface area (Å²) in [6.45, 7) is 2.28. The molecule has 4 rings (SSSR count). The number of aromatic nitrogens is 2. The maximum Gasteiger partial charge on any atom is 0.256 e. The van der Waals surface area contributed by atoms with Crippen molar-refractivity contribution in [2.24, 2.45) is 5.73 Å². The minimum absolute atomic E-state index is 0.0748. The van der Waals surface area contributed by atoms with E-state index in [1.807, 2.05) is 12.1 Å². The fraction of sp³-hybridized carbons (Fsp3) is 0.560. The molecule has 1 saturated carbocycles. The van der Waals surface area contributed by atoms with E-state index in [0.717, 1.165) is 42.8 Å². The summed E-state index contributed by atoms with van der Waals surface area (Å²) in [7, 11) is 0. The Morgan fingerprint density at radius 3 is 2.48 bits per heavy atom. The Morgan fingerprint density at radius 2 is 1.82 bits per heavy atom. The van der Waals surface area contributed by atoms with E-state index < -0.39 is 6.17 Å². The quantitative estimate of drug-likeness (QED) is 0.513. The number of hydrogen-bond acceptors (Lipinski definition) is 6. The second-order valence-electron chi connectivity index (χ2n) is 9.34. The molecule has 0 bridgehead atoms. The van der Waals surface area contributed by atoms with Crippen molar-refractivity contribution < 1.29 is 4.39 Å². The van der Waals surface area contributed by atoms with Gasteiger partial charge in [-0.1, -0.05) is 12.1 Å². The first-order chi connectivity index (χ1) is 16.0. The predicted octanol–water partition coefficient (Wildman–Crippen LogP) is 3.09. The maximum atomic E-state index is 13.7. The topological polar surface area (TPSA) is 120 Å². The number of nitrogens with zero attached hydrogens (tertiary/aromatic N) is 2. The van der Waals surface area contributed by atoms with E-state index in [4.69, 9.17) is 16.0 Å². The lowest BCUT2D eigenvalue weighted by molar-refractivity contribution is 0.234. The van der Waals surface area contributed by atoms with Crippen LogP contribution in [0.4, 0.5) is 10.3 Å². The number of nitrogens with one attached hydrogen (secondary N) is 3. The molecule has 1 aromatic carbocycles. The number of hydrogen-bond donors (Lipinski definition) is 4. The lowest BCUT2D eigenvalue weighted by Crippen LogP contribution is -2.34. The summed E-state index contributed by atoms with van der Waals surface area (Å²) in [6.07, 6.45) is 4.21. The standard InChI is InChI=1S/C25H33FN6O/c26-20-7-5-18(6-8-20)22-23(19-9-11-29-12-10-19)31-25(32-24(22)33)30-15-21(28)13-16-1-3-17(14-27)4-2-16/h1-4,18-21,29H,5-13,15,28H2,(H2,30,31,32,33). The summed E-state index contributed by atoms with van der Waals surface area (Å²) in [5.74, 6) is 0.761. The average molecular weight is 453 g/mol. The van der Waals surface area contributed by atoms with Crippen LogP contribution in [0.3, 0.4) is 0 Å². The molecule has 2 heterocycles. The third kappa shape index (κ3) is 5.98. The summed E-state index contributed by atoms with van der Waals surface area (Å²) in [6, 6.07) is 9.33. The second kappa shape index (κ2) is 10.9. The van der Waals surface area contributed by atoms with Gasteiger partial charge in [0, 0.05) is 24.1 Å². The first kappa shape index (κ1) is 23.4. The highest BCUT2D eigenvalue weighted by atomic mass is 19.1. The summed E-state index contributed by atoms with van der Waals surface area (Å²) in [5.41, 5.74) is 9.53. The summed E-state index contributed by atoms with van der Waals surface area (Å²) >= 11 is 0. The zero-order valence-corrected chi connectivity index (χ0v) is 18.9. The van der Waals surface area contributed by atoms with Gasteiger partial charge >= 0.3 is 0 Å². The molecule has 2 aromatic rings. The van der Waals surface area contributed by atoms with Crippen LogP contribution in [-0.2, 0) is 6.42 Å². The van der Waals surface area contributed by atoms with E-state index in [1.54, 1.807) is 12.1 Å². The Labute approximate surface area is 194 Å². The van der Waals surface area contributed by atoms with E-state index in [-0.39, 0.29) is 23.4 Å². The SMILES string of the molecule is N#Cc1ccc(CC(N)CNc2nc(C3CCNCC3)c(C3CCC(F)CC3)c(=O)[nH]2)cc1. The van der Waals surface area contributed by atoms with E-state index in [9.17, 15) is 9.18 Å². The molecule has 1 atom stereocenters. The van der Waals surface area contributed by atoms with Gasteiger partial charge in [-0.3, -0.25) is 9.78 Å². The van der Waals surface area contributed by atoms with Crippen LogP contribution in [0.15, 0.2) is 29.1 Å². The Bertz CT molecular complexity index is 1020. The number of anilines is 1. The van der Waals surface area contributed by atoms with Crippen LogP contribution in [0.2, 0.25) is 0 Å². The van der Waals surface area contributed by atoms with E-state index >= 15 is 0 Å². The molecule has 8 heteroatoms. The van der Waals surface area contributed by atoms with Crippen LogP contribution in [0.1, 0.15) is 72.7 Å². The van der Waals surface area contributed by atoms with Gasteiger partial charge in [-0.05, 0) is 81.6 Å². The lowest BCUT2D eigenvalue weighted by atomic mass is 9.80. The minimum Gasteiger partial charge on any atom is -0.354 e. The summed E-state index contributed by atoms with van der Waals surface area (Å²) in [4.78, 5) is 21.0. The lowest BCUT2D eigenvalue weighted by Gasteiger charge is -2.29. The fourth-order valence-electron chi connectivity index (χ4n) is 5.04. The first-order valence-electron chi connectivity index (χ1n) is 12.0. The van der Waals surface area contributed by atoms with Crippen LogP contribution in [0.25, 0.3) is 0 Å². The molecular formula is C25H33FN6O. The van der Waals surface area contributed by atoms with Crippen LogP contribution in [-0.4, -0.2) is 41.8 Å². The van der Waals surface area contributed by atoms with Crippen molar-refractivity contribution in [1.29, 1.82) is 5.26 Å². The van der Waals surface area contributed by atoms with Gasteiger partial charge in [0.05, 0.1) is 17.3 Å². The number of piperidine rings is 1. The molecule has 0 spiro atoms. The van der Waals surface area contributed by atoms with Gasteiger partial charge < -0.3 is 16.4 Å². The van der Waals surface area contributed by atoms with Crippen molar-refractivity contribution in [2.45, 2.75) is 69.0 Å². The van der Waals surface area contributed by atoms with Gasteiger partial charge in [-0.15, -0.1) is 0 Å². The van der Waals surface area contributed by atoms with Gasteiger partial charge in [0.1, 0.15) is 6.17 Å². The van der Waals surface area contributed by atoms with E-state index in [2.05, 4.69) is 21.7 Å². The molecule has 1 aliphatic heterocycles. The molecule has 176 valence electrons. The van der Waals surface area contributed by atoms with Gasteiger partial charge in [0.25, 0.3) is 5.56 Å². The molecule has 2 fully saturated rings. The fourth-order valence-corrected chi connectivity index (χ4v) is 5.04. The van der Waals surface area contributed by atoms with Crippen molar-refractivity contribution in [3.05, 3.63) is 57.0 Å². The smallest absolute Gasteiger partial charge is 0.256 e. The highest BCUT2D eigenvalue weighted by Gasteiger charge is 2.30. The van der Waals surface area contributed by atoms with Crippen molar-refractivity contribution in [1.82, 2.24) is 15.3 Å². The number of rotatable bonds is 7. The van der Waals surface area contributed by atoms with Crippen molar-refractivity contribution in [3.63, 3.8) is 0 Å². The normalized spacial score (nSPS) is 22.5. The zero-order chi connectivity index (χ0) is 23.2. The van der Waals surface area contributed by atoms with Crippen LogP contribution < -0.4 is 21.9 Å². The minimum atomic E-state index is -0.755. The Morgan fingerprint density at radius 1 is 1.12 bits per heavy atom. The Hall–Kier alpha value is -2.76. The molecule has 1 aromatic heterocycles. The number of alkyl halides is 1. The highest BCUT2D eigenvalue weighted by Crippen LogP contribution is 2.37. The number of halogens is 1. The number of nitrogens with two attached hydrogens (primary N) is 1. The van der Waals surface area contributed by atoms with Crippen LogP contribution >= 0.6 is 0 Å². The molecule has 1 saturated heterocycles. The zero-order valence-electron chi connectivity index (χ0n) is 18.9. The van der Waals surface area contributed by atoms with Crippen molar-refractivity contribution >= 4 is 5.95 Å². The molecule has 2 aliphatic rings. The molecule has 33 heavy (non-hydrogen) atoms.